The number of hydrogen-bond donors (Lipinski definition) is 2. The van der Waals surface area contributed by atoms with E-state index in [9.17, 15) is 0 Å². The summed E-state index contributed by atoms with van der Waals surface area (Å²) < 4.78 is 5.43. The molecule has 1 aromatic rings. The Morgan fingerprint density at radius 1 is 1.16 bits per heavy atom. The van der Waals surface area contributed by atoms with Crippen LogP contribution in [0.25, 0.3) is 0 Å². The number of hydrogen-bond acceptors (Lipinski definition) is 5. The summed E-state index contributed by atoms with van der Waals surface area (Å²) in [5, 5.41) is 6.63. The molecule has 0 bridgehead atoms. The lowest BCUT2D eigenvalue weighted by Crippen LogP contribution is -2.26. The van der Waals surface area contributed by atoms with Crippen molar-refractivity contribution in [2.45, 2.75) is 46.6 Å². The third-order valence-electron chi connectivity index (χ3n) is 3.47. The Bertz CT molecular complexity index is 380. The number of ether oxygens (including phenoxy) is 1. The zero-order chi connectivity index (χ0) is 14.3. The van der Waals surface area contributed by atoms with Crippen molar-refractivity contribution in [3.63, 3.8) is 0 Å². The Kier molecular flexibility index (Phi) is 6.39. The van der Waals surface area contributed by atoms with Gasteiger partial charge in [-0.3, -0.25) is 0 Å². The number of nitrogens with zero attached hydrogens (tertiary/aromatic N) is 2. The van der Waals surface area contributed by atoms with Crippen LogP contribution in [0.4, 0.5) is 11.6 Å². The lowest BCUT2D eigenvalue weighted by molar-refractivity contribution is 0.408. The molecular weight excluding hydrogens is 240 g/mol. The van der Waals surface area contributed by atoms with Crippen molar-refractivity contribution in [2.75, 3.05) is 24.3 Å². The zero-order valence-corrected chi connectivity index (χ0v) is 12.7. The minimum absolute atomic E-state index is 0.355. The van der Waals surface area contributed by atoms with Gasteiger partial charge in [-0.25, -0.2) is 9.97 Å². The van der Waals surface area contributed by atoms with Crippen LogP contribution in [0, 0.1) is 5.92 Å². The van der Waals surface area contributed by atoms with Gasteiger partial charge in [0.1, 0.15) is 6.33 Å². The Morgan fingerprint density at radius 3 is 2.32 bits per heavy atom. The molecule has 1 rings (SSSR count). The maximum Gasteiger partial charge on any atom is 0.204 e. The van der Waals surface area contributed by atoms with Gasteiger partial charge in [-0.15, -0.1) is 0 Å². The SMILES string of the molecule is CCNc1ncnc(NC(C)C(CC)CC)c1OC. The molecule has 1 aromatic heterocycles. The highest BCUT2D eigenvalue weighted by molar-refractivity contribution is 5.63. The number of rotatable bonds is 8. The summed E-state index contributed by atoms with van der Waals surface area (Å²) >= 11 is 0. The molecule has 0 aliphatic carbocycles. The largest absolute Gasteiger partial charge is 0.490 e. The molecule has 19 heavy (non-hydrogen) atoms. The fourth-order valence-electron chi connectivity index (χ4n) is 2.29. The first-order valence-electron chi connectivity index (χ1n) is 7.07. The van der Waals surface area contributed by atoms with E-state index >= 15 is 0 Å². The molecule has 5 nitrogen and oxygen atoms in total. The number of anilines is 2. The number of methoxy groups -OCH3 is 1. The highest BCUT2D eigenvalue weighted by Gasteiger charge is 2.17. The Labute approximate surface area is 116 Å². The second-order valence-electron chi connectivity index (χ2n) is 4.64. The zero-order valence-electron chi connectivity index (χ0n) is 12.7. The van der Waals surface area contributed by atoms with Crippen molar-refractivity contribution in [3.05, 3.63) is 6.33 Å². The van der Waals surface area contributed by atoms with Crippen LogP contribution in [0.5, 0.6) is 5.75 Å². The molecule has 0 radical (unpaired) electrons. The third kappa shape index (κ3) is 3.98. The summed E-state index contributed by atoms with van der Waals surface area (Å²) in [4.78, 5) is 8.50. The summed E-state index contributed by atoms with van der Waals surface area (Å²) in [6.45, 7) is 9.45. The Balaban J connectivity index is 2.90. The highest BCUT2D eigenvalue weighted by atomic mass is 16.5. The van der Waals surface area contributed by atoms with E-state index in [1.807, 2.05) is 6.92 Å². The van der Waals surface area contributed by atoms with E-state index < -0.39 is 0 Å². The van der Waals surface area contributed by atoms with Crippen LogP contribution in [0.2, 0.25) is 0 Å². The van der Waals surface area contributed by atoms with E-state index in [1.165, 1.54) is 0 Å². The first-order chi connectivity index (χ1) is 9.17. The standard InChI is InChI=1S/C14H26N4O/c1-6-11(7-2)10(4)18-14-12(19-5)13(15-8-3)16-9-17-14/h9-11H,6-8H2,1-5H3,(H2,15,16,17,18). The molecule has 5 heteroatoms. The normalized spacial score (nSPS) is 12.3. The number of aromatic nitrogens is 2. The van der Waals surface area contributed by atoms with Gasteiger partial charge in [0.25, 0.3) is 0 Å². The fourth-order valence-corrected chi connectivity index (χ4v) is 2.29. The van der Waals surface area contributed by atoms with Crippen LogP contribution >= 0.6 is 0 Å². The van der Waals surface area contributed by atoms with Crippen molar-refractivity contribution in [1.82, 2.24) is 9.97 Å². The minimum Gasteiger partial charge on any atom is -0.490 e. The van der Waals surface area contributed by atoms with Crippen LogP contribution in [-0.2, 0) is 0 Å². The van der Waals surface area contributed by atoms with E-state index in [0.29, 0.717) is 17.7 Å². The first kappa shape index (κ1) is 15.5. The molecule has 0 aromatic carbocycles. The topological polar surface area (TPSA) is 59.1 Å². The molecular formula is C14H26N4O. The van der Waals surface area contributed by atoms with Crippen molar-refractivity contribution < 1.29 is 4.74 Å². The van der Waals surface area contributed by atoms with E-state index in [0.717, 1.165) is 31.0 Å². The van der Waals surface area contributed by atoms with Gasteiger partial charge in [0.15, 0.2) is 11.6 Å². The molecule has 0 aliphatic heterocycles. The smallest absolute Gasteiger partial charge is 0.204 e. The van der Waals surface area contributed by atoms with Gasteiger partial charge >= 0.3 is 0 Å². The van der Waals surface area contributed by atoms with Crippen LogP contribution in [0.1, 0.15) is 40.5 Å². The molecule has 1 unspecified atom stereocenters. The summed E-state index contributed by atoms with van der Waals surface area (Å²) in [5.74, 6) is 2.80. The molecule has 2 N–H and O–H groups in total. The summed E-state index contributed by atoms with van der Waals surface area (Å²) in [7, 11) is 1.65. The van der Waals surface area contributed by atoms with E-state index in [-0.39, 0.29) is 0 Å². The van der Waals surface area contributed by atoms with Gasteiger partial charge in [-0.05, 0) is 19.8 Å². The van der Waals surface area contributed by atoms with Crippen molar-refractivity contribution in [1.29, 1.82) is 0 Å². The van der Waals surface area contributed by atoms with Gasteiger partial charge in [0.05, 0.1) is 7.11 Å². The lowest BCUT2D eigenvalue weighted by atomic mass is 9.95. The van der Waals surface area contributed by atoms with Crippen LogP contribution < -0.4 is 15.4 Å². The lowest BCUT2D eigenvalue weighted by Gasteiger charge is -2.24. The van der Waals surface area contributed by atoms with E-state index in [2.05, 4.69) is 41.4 Å². The van der Waals surface area contributed by atoms with Gasteiger partial charge in [-0.1, -0.05) is 26.7 Å². The Morgan fingerprint density at radius 2 is 1.79 bits per heavy atom. The quantitative estimate of drug-likeness (QED) is 0.757. The van der Waals surface area contributed by atoms with Crippen LogP contribution in [0.15, 0.2) is 6.33 Å². The van der Waals surface area contributed by atoms with Crippen LogP contribution in [-0.4, -0.2) is 29.7 Å². The molecule has 1 heterocycles. The summed E-state index contributed by atoms with van der Waals surface area (Å²) in [5.41, 5.74) is 0. The molecule has 0 spiro atoms. The highest BCUT2D eigenvalue weighted by Crippen LogP contribution is 2.30. The average molecular weight is 266 g/mol. The van der Waals surface area contributed by atoms with Crippen molar-refractivity contribution in [2.24, 2.45) is 5.92 Å². The third-order valence-corrected chi connectivity index (χ3v) is 3.47. The fraction of sp³-hybridized carbons (Fsp3) is 0.714. The Hall–Kier alpha value is -1.52. The molecule has 108 valence electrons. The molecule has 0 amide bonds. The van der Waals surface area contributed by atoms with Crippen LogP contribution in [0.3, 0.4) is 0 Å². The minimum atomic E-state index is 0.355. The maximum atomic E-state index is 5.43. The molecule has 0 saturated carbocycles. The molecule has 1 atom stereocenters. The molecule has 0 aliphatic rings. The number of nitrogens with one attached hydrogen (secondary N) is 2. The molecule has 0 saturated heterocycles. The van der Waals surface area contributed by atoms with Gasteiger partial charge in [0.2, 0.25) is 5.75 Å². The summed E-state index contributed by atoms with van der Waals surface area (Å²) in [6.07, 6.45) is 3.86. The predicted octanol–water partition coefficient (Wildman–Crippen LogP) is 3.15. The second-order valence-corrected chi connectivity index (χ2v) is 4.64. The molecule has 0 fully saturated rings. The van der Waals surface area contributed by atoms with E-state index in [1.54, 1.807) is 13.4 Å². The second kappa shape index (κ2) is 7.81. The van der Waals surface area contributed by atoms with Gasteiger partial charge in [0, 0.05) is 12.6 Å². The van der Waals surface area contributed by atoms with Gasteiger partial charge < -0.3 is 15.4 Å². The van der Waals surface area contributed by atoms with Crippen molar-refractivity contribution >= 4 is 11.6 Å². The first-order valence-corrected chi connectivity index (χ1v) is 7.07. The van der Waals surface area contributed by atoms with Gasteiger partial charge in [-0.2, -0.15) is 0 Å². The van der Waals surface area contributed by atoms with Crippen molar-refractivity contribution in [3.8, 4) is 5.75 Å². The van der Waals surface area contributed by atoms with E-state index in [4.69, 9.17) is 4.74 Å². The predicted molar refractivity (Wildman–Crippen MR) is 79.9 cm³/mol. The average Bonchev–Trinajstić information content (AvgIpc) is 2.41. The monoisotopic (exact) mass is 266 g/mol. The summed E-state index contributed by atoms with van der Waals surface area (Å²) in [6, 6.07) is 0.355. The maximum absolute atomic E-state index is 5.43.